The molecule has 0 aromatic carbocycles. The van der Waals surface area contributed by atoms with Crippen LogP contribution < -0.4 is 10.6 Å². The SMILES string of the molecule is CCC(=O)[P+](C(=O)O)(C(=O)O)C(=O)NCC(=O)[P+](C(=O)O)(C(=O)O)C(=O)NC.[HH].[HH]. The molecule has 0 aliphatic heterocycles. The molecule has 0 aromatic heterocycles. The lowest BCUT2D eigenvalue weighted by Gasteiger charge is -2.14. The second kappa shape index (κ2) is 9.29. The number of nitrogens with one attached hydrogen (secondary N) is 2. The summed E-state index contributed by atoms with van der Waals surface area (Å²) in [4.78, 5) is 93.5. The van der Waals surface area contributed by atoms with Crippen molar-refractivity contribution in [3.05, 3.63) is 0 Å². The third-order valence-electron chi connectivity index (χ3n) is 3.41. The maximum absolute atomic E-state index is 12.2. The second-order valence-corrected chi connectivity index (χ2v) is 10.9. The molecule has 28 heavy (non-hydrogen) atoms. The normalized spacial score (nSPS) is 11.1. The Hall–Kier alpha value is -2.98. The van der Waals surface area contributed by atoms with Crippen LogP contribution >= 0.6 is 14.5 Å². The zero-order chi connectivity index (χ0) is 22.4. The smallest absolute Gasteiger partial charge is 0.450 e. The summed E-state index contributed by atoms with van der Waals surface area (Å²) >= 11 is 0. The Bertz CT molecular complexity index is 695. The van der Waals surface area contributed by atoms with Crippen molar-refractivity contribution in [2.45, 2.75) is 13.3 Å². The molecular weight excluding hydrogens is 426 g/mol. The van der Waals surface area contributed by atoms with Crippen molar-refractivity contribution in [1.82, 2.24) is 10.6 Å². The van der Waals surface area contributed by atoms with Gasteiger partial charge in [-0.3, -0.25) is 4.79 Å². The average molecular weight is 446 g/mol. The summed E-state index contributed by atoms with van der Waals surface area (Å²) in [6.07, 6.45) is -0.646. The van der Waals surface area contributed by atoms with E-state index in [-0.39, 0.29) is 2.85 Å². The van der Waals surface area contributed by atoms with Gasteiger partial charge in [-0.25, -0.2) is 33.6 Å². The summed E-state index contributed by atoms with van der Waals surface area (Å²) in [5.74, 6) is 0. The summed E-state index contributed by atoms with van der Waals surface area (Å²) in [6.45, 7) is -0.393. The minimum absolute atomic E-state index is 0. The third kappa shape index (κ3) is 3.82. The molecule has 0 aliphatic carbocycles. The van der Waals surface area contributed by atoms with Gasteiger partial charge in [-0.05, 0) is 0 Å². The van der Waals surface area contributed by atoms with E-state index in [1.54, 1.807) is 5.32 Å². The standard InChI is InChI=1S/C12H14N2O12P2.2H2/c1-3-5(15)27(9(19)20,10(21)22)8(18)14-4-6(16)28(11(23)24,12(25)26)7(17)13-2;;/h3-4H2,1-2H3,(H4-2,13,14,17,18,19,20,21,22,23,24,25,26);2*1H/p+2. The Labute approximate surface area is 159 Å². The number of amides is 2. The van der Waals surface area contributed by atoms with E-state index in [0.717, 1.165) is 14.0 Å². The van der Waals surface area contributed by atoms with Crippen LogP contribution in [0.1, 0.15) is 16.2 Å². The second-order valence-electron chi connectivity index (χ2n) is 4.83. The Morgan fingerprint density at radius 1 is 0.714 bits per heavy atom. The van der Waals surface area contributed by atoms with Gasteiger partial charge in [0.05, 0.1) is 0 Å². The highest BCUT2D eigenvalue weighted by molar-refractivity contribution is 8.25. The first-order chi connectivity index (χ1) is 12.8. The number of carboxylic acid groups (broad SMARTS) is 4. The van der Waals surface area contributed by atoms with Crippen LogP contribution in [0.3, 0.4) is 0 Å². The van der Waals surface area contributed by atoms with Crippen LogP contribution in [0.4, 0.5) is 28.8 Å². The van der Waals surface area contributed by atoms with Gasteiger partial charge in [-0.2, -0.15) is 0 Å². The summed E-state index contributed by atoms with van der Waals surface area (Å²) < 4.78 is 0. The topological polar surface area (TPSA) is 242 Å². The minimum Gasteiger partial charge on any atom is -0.450 e. The number of carbonyl (C=O) groups is 8. The Morgan fingerprint density at radius 2 is 1.07 bits per heavy atom. The molecule has 0 aromatic rings. The van der Waals surface area contributed by atoms with Crippen LogP contribution in [0.15, 0.2) is 0 Å². The van der Waals surface area contributed by atoms with Gasteiger partial charge in [0.25, 0.3) is 0 Å². The monoisotopic (exact) mass is 446 g/mol. The molecule has 0 saturated heterocycles. The third-order valence-corrected chi connectivity index (χ3v) is 9.28. The Kier molecular flexibility index (Phi) is 8.30. The van der Waals surface area contributed by atoms with Gasteiger partial charge in [0.15, 0.2) is 0 Å². The molecule has 0 rings (SSSR count). The van der Waals surface area contributed by atoms with E-state index in [9.17, 15) is 38.4 Å². The molecule has 0 fully saturated rings. The molecule has 0 unspecified atom stereocenters. The first-order valence-electron chi connectivity index (χ1n) is 7.08. The zero-order valence-electron chi connectivity index (χ0n) is 14.4. The van der Waals surface area contributed by atoms with E-state index in [2.05, 4.69) is 0 Å². The molecular formula is C12H20N2O12P2+2. The average Bonchev–Trinajstić information content (AvgIpc) is 2.59. The molecule has 0 saturated carbocycles. The molecule has 0 bridgehead atoms. The predicted molar refractivity (Wildman–Crippen MR) is 98.3 cm³/mol. The predicted octanol–water partition coefficient (Wildman–Crippen LogP) is 2.74. The van der Waals surface area contributed by atoms with Crippen LogP contribution in [-0.4, -0.2) is 79.2 Å². The van der Waals surface area contributed by atoms with Crippen molar-refractivity contribution in [2.24, 2.45) is 0 Å². The van der Waals surface area contributed by atoms with Gasteiger partial charge in [-0.15, -0.1) is 0 Å². The molecule has 6 N–H and O–H groups in total. The maximum atomic E-state index is 12.2. The van der Waals surface area contributed by atoms with E-state index in [4.69, 9.17) is 20.4 Å². The van der Waals surface area contributed by atoms with E-state index in [1.807, 2.05) is 0 Å². The van der Waals surface area contributed by atoms with Gasteiger partial charge < -0.3 is 31.1 Å². The van der Waals surface area contributed by atoms with Crippen molar-refractivity contribution in [2.75, 3.05) is 13.6 Å². The van der Waals surface area contributed by atoms with Crippen molar-refractivity contribution in [3.8, 4) is 0 Å². The first-order valence-corrected chi connectivity index (χ1v) is 10.7. The molecule has 0 spiro atoms. The molecule has 158 valence electrons. The van der Waals surface area contributed by atoms with E-state index < -0.39 is 72.7 Å². The molecule has 14 nitrogen and oxygen atoms in total. The highest BCUT2D eigenvalue weighted by Crippen LogP contribution is 2.63. The molecule has 0 atom stereocenters. The summed E-state index contributed by atoms with van der Waals surface area (Å²) in [7, 11) is -9.38. The number of hydrogen-bond acceptors (Lipinski definition) is 8. The highest BCUT2D eigenvalue weighted by Gasteiger charge is 2.73. The van der Waals surface area contributed by atoms with Crippen LogP contribution in [0.5, 0.6) is 0 Å². The van der Waals surface area contributed by atoms with Crippen molar-refractivity contribution in [3.63, 3.8) is 0 Å². The van der Waals surface area contributed by atoms with Crippen molar-refractivity contribution < 1.29 is 61.6 Å². The molecule has 0 aliphatic rings. The fourth-order valence-corrected chi connectivity index (χ4v) is 5.73. The Morgan fingerprint density at radius 3 is 1.36 bits per heavy atom. The Balaban J connectivity index is -0.00000364. The summed E-state index contributed by atoms with van der Waals surface area (Å²) in [6, 6.07) is 0. The lowest BCUT2D eigenvalue weighted by atomic mass is 10.6. The van der Waals surface area contributed by atoms with Crippen molar-refractivity contribution >= 4 is 59.7 Å². The van der Waals surface area contributed by atoms with E-state index in [0.29, 0.717) is 0 Å². The zero-order valence-corrected chi connectivity index (χ0v) is 16.2. The van der Waals surface area contributed by atoms with Crippen LogP contribution in [0.25, 0.3) is 0 Å². The maximum Gasteiger partial charge on any atom is 0.480 e. The molecule has 0 radical (unpaired) electrons. The first kappa shape index (κ1) is 25.0. The van der Waals surface area contributed by atoms with Gasteiger partial charge >= 0.3 is 59.7 Å². The van der Waals surface area contributed by atoms with E-state index in [1.165, 1.54) is 5.32 Å². The quantitative estimate of drug-likeness (QED) is 0.251. The summed E-state index contributed by atoms with van der Waals surface area (Å²) in [5.41, 5.74) is -15.9. The van der Waals surface area contributed by atoms with Crippen LogP contribution in [0, 0.1) is 0 Å². The van der Waals surface area contributed by atoms with Crippen LogP contribution in [-0.2, 0) is 9.59 Å². The van der Waals surface area contributed by atoms with E-state index >= 15 is 0 Å². The van der Waals surface area contributed by atoms with Gasteiger partial charge in [0.2, 0.25) is 0 Å². The lowest BCUT2D eigenvalue weighted by molar-refractivity contribution is -0.112. The largest absolute Gasteiger partial charge is 0.480 e. The number of hydrogen-bond donors (Lipinski definition) is 6. The number of carbonyl (C=O) groups excluding carboxylic acids is 4. The molecule has 2 amide bonds. The lowest BCUT2D eigenvalue weighted by Crippen LogP contribution is -2.41. The molecule has 16 heteroatoms. The van der Waals surface area contributed by atoms with Crippen molar-refractivity contribution in [1.29, 1.82) is 0 Å². The van der Waals surface area contributed by atoms with Gasteiger partial charge in [0.1, 0.15) is 6.54 Å². The fraction of sp³-hybridized carbons (Fsp3) is 0.333. The van der Waals surface area contributed by atoms with Gasteiger partial charge in [-0.1, -0.05) is 6.92 Å². The molecule has 0 heterocycles. The minimum atomic E-state index is -5.15. The highest BCUT2D eigenvalue weighted by atomic mass is 31.2. The number of rotatable bonds is 11. The van der Waals surface area contributed by atoms with Crippen LogP contribution in [0.2, 0.25) is 0 Å². The summed E-state index contributed by atoms with van der Waals surface area (Å²) in [5, 5.41) is 39.8. The fourth-order valence-electron chi connectivity index (χ4n) is 1.96. The van der Waals surface area contributed by atoms with Gasteiger partial charge in [0, 0.05) is 16.3 Å².